The van der Waals surface area contributed by atoms with Crippen molar-refractivity contribution < 1.29 is 23.1 Å². The molecule has 0 N–H and O–H groups in total. The van der Waals surface area contributed by atoms with E-state index in [0.29, 0.717) is 0 Å². The predicted octanol–water partition coefficient (Wildman–Crippen LogP) is 1.12. The minimum Gasteiger partial charge on any atom is -0.393 e. The molecule has 0 aromatic heterocycles. The zero-order valence-electron chi connectivity index (χ0n) is 6.76. The van der Waals surface area contributed by atoms with Gasteiger partial charge in [0, 0.05) is 12.8 Å². The molecule has 0 unspecified atom stereocenters. The Kier molecular flexibility index (Phi) is 1.65. The van der Waals surface area contributed by atoms with Crippen LogP contribution >= 0.6 is 0 Å². The molecule has 0 aromatic carbocycles. The first-order valence-corrected chi connectivity index (χ1v) is 4.11. The Balaban J connectivity index is 2.23. The summed E-state index contributed by atoms with van der Waals surface area (Å²) in [5.74, 6) is -6.04. The van der Waals surface area contributed by atoms with E-state index in [1.807, 2.05) is 0 Å². The molecule has 5 heteroatoms. The van der Waals surface area contributed by atoms with E-state index in [9.17, 15) is 18.4 Å². The van der Waals surface area contributed by atoms with Gasteiger partial charge in [-0.1, -0.05) is 0 Å². The average Bonchev–Trinajstić information content (AvgIpc) is 1.98. The number of hydrogen-bond donors (Lipinski definition) is 0. The van der Waals surface area contributed by atoms with E-state index in [0.717, 1.165) is 0 Å². The van der Waals surface area contributed by atoms with Crippen LogP contribution in [0.25, 0.3) is 0 Å². The molecule has 0 amide bonds. The zero-order valence-corrected chi connectivity index (χ0v) is 6.76. The molecule has 2 fully saturated rings. The van der Waals surface area contributed by atoms with E-state index in [-0.39, 0.29) is 6.42 Å². The molecule has 2 atom stereocenters. The van der Waals surface area contributed by atoms with E-state index in [1.54, 1.807) is 0 Å². The summed E-state index contributed by atoms with van der Waals surface area (Å²) in [5.41, 5.74) is 0. The van der Waals surface area contributed by atoms with E-state index in [1.165, 1.54) is 0 Å². The molecule has 1 aliphatic carbocycles. The van der Waals surface area contributed by atoms with Gasteiger partial charge in [0.1, 0.15) is 0 Å². The van der Waals surface area contributed by atoms with E-state index in [4.69, 9.17) is 0 Å². The van der Waals surface area contributed by atoms with Crippen LogP contribution in [0, 0.1) is 11.8 Å². The number of esters is 2. The highest BCUT2D eigenvalue weighted by atomic mass is 19.3. The number of hydrogen-bond acceptors (Lipinski definition) is 3. The van der Waals surface area contributed by atoms with Gasteiger partial charge in [0.05, 0.1) is 11.8 Å². The molecule has 0 aromatic rings. The monoisotopic (exact) mass is 190 g/mol. The maximum absolute atomic E-state index is 12.9. The molecular formula is C8H8F2O3. The van der Waals surface area contributed by atoms with Gasteiger partial charge in [-0.2, -0.15) is 0 Å². The summed E-state index contributed by atoms with van der Waals surface area (Å²) < 4.78 is 30.2. The molecule has 72 valence electrons. The fourth-order valence-corrected chi connectivity index (χ4v) is 1.94. The number of carbonyl (C=O) groups excluding carboxylic acids is 2. The lowest BCUT2D eigenvalue weighted by Gasteiger charge is -2.35. The van der Waals surface area contributed by atoms with Gasteiger partial charge >= 0.3 is 11.9 Å². The van der Waals surface area contributed by atoms with Crippen molar-refractivity contribution in [3.63, 3.8) is 0 Å². The van der Waals surface area contributed by atoms with Crippen LogP contribution in [0.5, 0.6) is 0 Å². The Morgan fingerprint density at radius 3 is 2.08 bits per heavy atom. The van der Waals surface area contributed by atoms with Crippen LogP contribution < -0.4 is 0 Å². The number of alkyl halides is 2. The molecule has 0 radical (unpaired) electrons. The molecule has 2 bridgehead atoms. The SMILES string of the molecule is O=C1OC(=O)[C@H]2C[C@H]1CC(F)(F)C2. The first-order chi connectivity index (χ1) is 5.98. The Hall–Kier alpha value is -1.00. The Morgan fingerprint density at radius 2 is 1.62 bits per heavy atom. The van der Waals surface area contributed by atoms with Gasteiger partial charge < -0.3 is 4.74 Å². The van der Waals surface area contributed by atoms with Crippen LogP contribution in [0.1, 0.15) is 19.3 Å². The van der Waals surface area contributed by atoms with Crippen LogP contribution in [0.2, 0.25) is 0 Å². The first kappa shape index (κ1) is 8.59. The lowest BCUT2D eigenvalue weighted by atomic mass is 9.77. The number of fused-ring (bicyclic) bond motifs is 2. The Labute approximate surface area is 73.0 Å². The van der Waals surface area contributed by atoms with Crippen LogP contribution in [-0.2, 0) is 14.3 Å². The quantitative estimate of drug-likeness (QED) is 0.424. The zero-order chi connectivity index (χ0) is 9.64. The van der Waals surface area contributed by atoms with Crippen LogP contribution in [0.4, 0.5) is 8.78 Å². The van der Waals surface area contributed by atoms with Crippen LogP contribution in [0.15, 0.2) is 0 Å². The van der Waals surface area contributed by atoms with Gasteiger partial charge in [0.2, 0.25) is 5.92 Å². The maximum atomic E-state index is 12.9. The summed E-state index contributed by atoms with van der Waals surface area (Å²) in [6.07, 6.45) is -0.724. The third kappa shape index (κ3) is 1.43. The van der Waals surface area contributed by atoms with Gasteiger partial charge in [-0.15, -0.1) is 0 Å². The molecule has 1 heterocycles. The topological polar surface area (TPSA) is 43.4 Å². The number of carbonyl (C=O) groups is 2. The molecule has 13 heavy (non-hydrogen) atoms. The molecule has 1 saturated heterocycles. The molecule has 1 saturated carbocycles. The highest BCUT2D eigenvalue weighted by molar-refractivity contribution is 5.91. The maximum Gasteiger partial charge on any atom is 0.316 e. The van der Waals surface area contributed by atoms with Crippen molar-refractivity contribution in [2.75, 3.05) is 0 Å². The fourth-order valence-electron chi connectivity index (χ4n) is 1.94. The summed E-state index contributed by atoms with van der Waals surface area (Å²) in [4.78, 5) is 21.9. The van der Waals surface area contributed by atoms with E-state index < -0.39 is 42.5 Å². The van der Waals surface area contributed by atoms with Gasteiger partial charge in [0.25, 0.3) is 0 Å². The third-order valence-corrected chi connectivity index (χ3v) is 2.53. The second-order valence-electron chi connectivity index (χ2n) is 3.63. The summed E-state index contributed by atoms with van der Waals surface area (Å²) in [6.45, 7) is 0. The molecule has 2 rings (SSSR count). The predicted molar refractivity (Wildman–Crippen MR) is 36.9 cm³/mol. The molecular weight excluding hydrogens is 182 g/mol. The van der Waals surface area contributed by atoms with Crippen molar-refractivity contribution in [3.05, 3.63) is 0 Å². The summed E-state index contributed by atoms with van der Waals surface area (Å²) >= 11 is 0. The number of rotatable bonds is 0. The lowest BCUT2D eigenvalue weighted by Crippen LogP contribution is -2.44. The highest BCUT2D eigenvalue weighted by Crippen LogP contribution is 2.43. The van der Waals surface area contributed by atoms with E-state index >= 15 is 0 Å². The fraction of sp³-hybridized carbons (Fsp3) is 0.750. The molecule has 1 aliphatic heterocycles. The third-order valence-electron chi connectivity index (χ3n) is 2.53. The second kappa shape index (κ2) is 2.49. The van der Waals surface area contributed by atoms with Crippen molar-refractivity contribution in [2.45, 2.75) is 25.2 Å². The summed E-state index contributed by atoms with van der Waals surface area (Å²) in [7, 11) is 0. The van der Waals surface area contributed by atoms with Crippen molar-refractivity contribution in [1.29, 1.82) is 0 Å². The average molecular weight is 190 g/mol. The lowest BCUT2D eigenvalue weighted by molar-refractivity contribution is -0.186. The van der Waals surface area contributed by atoms with Crippen molar-refractivity contribution in [1.82, 2.24) is 0 Å². The Bertz CT molecular complexity index is 251. The van der Waals surface area contributed by atoms with Crippen molar-refractivity contribution in [3.8, 4) is 0 Å². The van der Waals surface area contributed by atoms with E-state index in [2.05, 4.69) is 4.74 Å². The normalized spacial score (nSPS) is 37.1. The number of halogens is 2. The van der Waals surface area contributed by atoms with Crippen LogP contribution in [-0.4, -0.2) is 17.9 Å². The minimum absolute atomic E-state index is 0.229. The second-order valence-corrected chi connectivity index (χ2v) is 3.63. The minimum atomic E-state index is -2.89. The van der Waals surface area contributed by atoms with Crippen molar-refractivity contribution >= 4 is 11.9 Å². The molecule has 3 nitrogen and oxygen atoms in total. The van der Waals surface area contributed by atoms with Gasteiger partial charge in [-0.25, -0.2) is 8.78 Å². The highest BCUT2D eigenvalue weighted by Gasteiger charge is 2.50. The van der Waals surface area contributed by atoms with Crippen LogP contribution in [0.3, 0.4) is 0 Å². The summed E-state index contributed by atoms with van der Waals surface area (Å²) in [6, 6.07) is 0. The van der Waals surface area contributed by atoms with Crippen molar-refractivity contribution in [2.24, 2.45) is 11.8 Å². The summed E-state index contributed by atoms with van der Waals surface area (Å²) in [5, 5.41) is 0. The molecule has 0 spiro atoms. The Morgan fingerprint density at radius 1 is 1.15 bits per heavy atom. The van der Waals surface area contributed by atoms with Gasteiger partial charge in [-0.05, 0) is 6.42 Å². The molecule has 2 aliphatic rings. The smallest absolute Gasteiger partial charge is 0.316 e. The van der Waals surface area contributed by atoms with Gasteiger partial charge in [0.15, 0.2) is 0 Å². The standard InChI is InChI=1S/C8H8F2O3/c9-8(10)2-4-1-5(3-8)7(12)13-6(4)11/h4-5H,1-3H2/t4-,5-/m0/s1. The number of cyclic esters (lactones) is 2. The van der Waals surface area contributed by atoms with Gasteiger partial charge in [-0.3, -0.25) is 9.59 Å². The number of ether oxygens (including phenoxy) is 1. The first-order valence-electron chi connectivity index (χ1n) is 4.11. The largest absolute Gasteiger partial charge is 0.393 e.